The Morgan fingerprint density at radius 1 is 1.46 bits per heavy atom. The van der Waals surface area contributed by atoms with E-state index < -0.39 is 17.4 Å². The predicted octanol–water partition coefficient (Wildman–Crippen LogP) is 1.21. The molecule has 0 bridgehead atoms. The smallest absolute Gasteiger partial charge is 0.480 e. The molecule has 1 heterocycles. The Balaban J connectivity index is 3.43. The zero-order valence-corrected chi connectivity index (χ0v) is 6.17. The van der Waals surface area contributed by atoms with Crippen LogP contribution in [-0.2, 0) is 6.18 Å². The van der Waals surface area contributed by atoms with E-state index in [9.17, 15) is 18.4 Å². The molecule has 1 aromatic heterocycles. The van der Waals surface area contributed by atoms with Crippen molar-refractivity contribution in [3.63, 3.8) is 0 Å². The summed E-state index contributed by atoms with van der Waals surface area (Å²) in [6.45, 7) is 0. The van der Waals surface area contributed by atoms with Crippen LogP contribution < -0.4 is 4.73 Å². The molecule has 0 fully saturated rings. The quantitative estimate of drug-likeness (QED) is 0.453. The van der Waals surface area contributed by atoms with Gasteiger partial charge in [-0.2, -0.15) is 23.2 Å². The van der Waals surface area contributed by atoms with E-state index in [1.165, 1.54) is 6.07 Å². The van der Waals surface area contributed by atoms with Crippen molar-refractivity contribution in [1.82, 2.24) is 0 Å². The summed E-state index contributed by atoms with van der Waals surface area (Å²) in [6, 6.07) is 3.33. The monoisotopic (exact) mass is 188 g/mol. The zero-order valence-electron chi connectivity index (χ0n) is 6.17. The molecular weight excluding hydrogens is 185 g/mol. The second kappa shape index (κ2) is 2.94. The minimum Gasteiger partial charge on any atom is -0.618 e. The van der Waals surface area contributed by atoms with Crippen molar-refractivity contribution in [2.75, 3.05) is 0 Å². The SMILES string of the molecule is N#Cc1ccc[n+]([O-])c1C(F)(F)F. The molecular formula is C7H3F3N2O. The van der Waals surface area contributed by atoms with Gasteiger partial charge in [0, 0.05) is 6.07 Å². The molecule has 0 radical (unpaired) electrons. The first kappa shape index (κ1) is 9.32. The van der Waals surface area contributed by atoms with Crippen LogP contribution in [0.4, 0.5) is 13.2 Å². The average Bonchev–Trinajstić information content (AvgIpc) is 2.01. The molecule has 0 aliphatic carbocycles. The van der Waals surface area contributed by atoms with Crippen molar-refractivity contribution >= 4 is 0 Å². The van der Waals surface area contributed by atoms with Gasteiger partial charge < -0.3 is 5.21 Å². The van der Waals surface area contributed by atoms with Gasteiger partial charge in [0.05, 0.1) is 0 Å². The normalized spacial score (nSPS) is 10.9. The van der Waals surface area contributed by atoms with Crippen molar-refractivity contribution in [3.05, 3.63) is 34.8 Å². The van der Waals surface area contributed by atoms with Gasteiger partial charge in [0.15, 0.2) is 6.20 Å². The molecule has 0 unspecified atom stereocenters. The number of pyridine rings is 1. The van der Waals surface area contributed by atoms with Crippen molar-refractivity contribution < 1.29 is 17.9 Å². The maximum absolute atomic E-state index is 12.1. The minimum absolute atomic E-state index is 0.363. The van der Waals surface area contributed by atoms with Crippen molar-refractivity contribution in [3.8, 4) is 6.07 Å². The molecule has 0 aliphatic heterocycles. The highest BCUT2D eigenvalue weighted by atomic mass is 19.4. The number of aromatic nitrogens is 1. The van der Waals surface area contributed by atoms with E-state index >= 15 is 0 Å². The lowest BCUT2D eigenvalue weighted by Crippen LogP contribution is -2.37. The Morgan fingerprint density at radius 3 is 2.46 bits per heavy atom. The highest BCUT2D eigenvalue weighted by molar-refractivity contribution is 5.31. The van der Waals surface area contributed by atoms with Crippen LogP contribution >= 0.6 is 0 Å². The van der Waals surface area contributed by atoms with Gasteiger partial charge in [0.25, 0.3) is 0 Å². The van der Waals surface area contributed by atoms with Crippen LogP contribution in [0.2, 0.25) is 0 Å². The van der Waals surface area contributed by atoms with Gasteiger partial charge >= 0.3 is 11.9 Å². The molecule has 0 saturated heterocycles. The summed E-state index contributed by atoms with van der Waals surface area (Å²) in [5, 5.41) is 19.0. The van der Waals surface area contributed by atoms with Gasteiger partial charge in [0.1, 0.15) is 11.6 Å². The van der Waals surface area contributed by atoms with Gasteiger partial charge in [-0.05, 0) is 6.07 Å². The Hall–Kier alpha value is -1.77. The van der Waals surface area contributed by atoms with Crippen molar-refractivity contribution in [1.29, 1.82) is 5.26 Å². The average molecular weight is 188 g/mol. The maximum Gasteiger partial charge on any atom is 0.480 e. The number of rotatable bonds is 0. The van der Waals surface area contributed by atoms with Crippen LogP contribution in [0, 0.1) is 16.5 Å². The van der Waals surface area contributed by atoms with E-state index in [0.29, 0.717) is 6.20 Å². The number of halogens is 3. The van der Waals surface area contributed by atoms with Crippen LogP contribution in [-0.4, -0.2) is 0 Å². The van der Waals surface area contributed by atoms with Crippen LogP contribution in [0.5, 0.6) is 0 Å². The molecule has 0 atom stereocenters. The largest absolute Gasteiger partial charge is 0.618 e. The second-order valence-corrected chi connectivity index (χ2v) is 2.21. The number of nitrogens with zero attached hydrogens (tertiary/aromatic N) is 2. The molecule has 3 nitrogen and oxygen atoms in total. The molecule has 0 amide bonds. The topological polar surface area (TPSA) is 50.7 Å². The summed E-state index contributed by atoms with van der Waals surface area (Å²) >= 11 is 0. The molecule has 13 heavy (non-hydrogen) atoms. The van der Waals surface area contributed by atoms with Gasteiger partial charge in [0.2, 0.25) is 0 Å². The molecule has 68 valence electrons. The Bertz CT molecular complexity index is 367. The molecule has 1 aromatic rings. The number of nitriles is 1. The first-order valence-electron chi connectivity index (χ1n) is 3.16. The number of hydrogen-bond acceptors (Lipinski definition) is 2. The van der Waals surface area contributed by atoms with E-state index in [-0.39, 0.29) is 4.73 Å². The highest BCUT2D eigenvalue weighted by Crippen LogP contribution is 2.28. The standard InChI is InChI=1S/C7H3F3N2O/c8-7(9,10)6-5(4-11)2-1-3-12(6)13/h1-3H. The van der Waals surface area contributed by atoms with Gasteiger partial charge in [-0.25, -0.2) is 0 Å². The van der Waals surface area contributed by atoms with E-state index in [1.807, 2.05) is 0 Å². The maximum atomic E-state index is 12.1. The summed E-state index contributed by atoms with van der Waals surface area (Å²) < 4.78 is 36.0. The lowest BCUT2D eigenvalue weighted by molar-refractivity contribution is -0.629. The second-order valence-electron chi connectivity index (χ2n) is 2.21. The number of hydrogen-bond donors (Lipinski definition) is 0. The highest BCUT2D eigenvalue weighted by Gasteiger charge is 2.42. The fourth-order valence-electron chi connectivity index (χ4n) is 0.857. The Morgan fingerprint density at radius 2 is 2.08 bits per heavy atom. The summed E-state index contributed by atoms with van der Waals surface area (Å²) in [5.41, 5.74) is -2.15. The predicted molar refractivity (Wildman–Crippen MR) is 35.1 cm³/mol. The van der Waals surface area contributed by atoms with Crippen LogP contribution in [0.3, 0.4) is 0 Å². The third-order valence-electron chi connectivity index (χ3n) is 1.35. The summed E-state index contributed by atoms with van der Waals surface area (Å²) in [6.07, 6.45) is -4.10. The van der Waals surface area contributed by atoms with E-state index in [1.54, 1.807) is 0 Å². The number of alkyl halides is 3. The molecule has 0 aliphatic rings. The van der Waals surface area contributed by atoms with Crippen LogP contribution in [0.15, 0.2) is 18.3 Å². The van der Waals surface area contributed by atoms with Crippen molar-refractivity contribution in [2.45, 2.75) is 6.18 Å². The van der Waals surface area contributed by atoms with Gasteiger partial charge in [-0.15, -0.1) is 0 Å². The third kappa shape index (κ3) is 1.69. The van der Waals surface area contributed by atoms with E-state index in [2.05, 4.69) is 0 Å². The summed E-state index contributed by atoms with van der Waals surface area (Å²) in [7, 11) is 0. The van der Waals surface area contributed by atoms with E-state index in [4.69, 9.17) is 5.26 Å². The molecule has 0 spiro atoms. The third-order valence-corrected chi connectivity index (χ3v) is 1.35. The first-order chi connectivity index (χ1) is 5.96. The summed E-state index contributed by atoms with van der Waals surface area (Å²) in [4.78, 5) is 0. The molecule has 1 rings (SSSR count). The lowest BCUT2D eigenvalue weighted by Gasteiger charge is -2.07. The molecule has 0 N–H and O–H groups in total. The summed E-state index contributed by atoms with van der Waals surface area (Å²) in [5.74, 6) is 0. The molecule has 0 saturated carbocycles. The molecule has 6 heteroatoms. The lowest BCUT2D eigenvalue weighted by atomic mass is 10.2. The zero-order chi connectivity index (χ0) is 10.1. The Kier molecular flexibility index (Phi) is 2.10. The van der Waals surface area contributed by atoms with Crippen molar-refractivity contribution in [2.24, 2.45) is 0 Å². The van der Waals surface area contributed by atoms with E-state index in [0.717, 1.165) is 12.1 Å². The molecule has 0 aromatic carbocycles. The van der Waals surface area contributed by atoms with Gasteiger partial charge in [-0.3, -0.25) is 0 Å². The first-order valence-corrected chi connectivity index (χ1v) is 3.16. The minimum atomic E-state index is -4.80. The fourth-order valence-corrected chi connectivity index (χ4v) is 0.857. The Labute approximate surface area is 71.2 Å². The van der Waals surface area contributed by atoms with Crippen LogP contribution in [0.25, 0.3) is 0 Å². The van der Waals surface area contributed by atoms with Gasteiger partial charge in [-0.1, -0.05) is 0 Å². The van der Waals surface area contributed by atoms with Crippen LogP contribution in [0.1, 0.15) is 11.3 Å². The fraction of sp³-hybridized carbons (Fsp3) is 0.143.